The fourth-order valence-electron chi connectivity index (χ4n) is 3.52. The van der Waals surface area contributed by atoms with E-state index in [9.17, 15) is 29.1 Å². The van der Waals surface area contributed by atoms with E-state index in [4.69, 9.17) is 10.8 Å². The number of aliphatic carboxylic acids is 2. The van der Waals surface area contributed by atoms with Gasteiger partial charge in [0.05, 0.1) is 12.5 Å². The highest BCUT2D eigenvalue weighted by atomic mass is 32.2. The fraction of sp³-hybridized carbons (Fsp3) is 0.750. The van der Waals surface area contributed by atoms with E-state index < -0.39 is 60.2 Å². The molecule has 1 rings (SSSR count). The lowest BCUT2D eigenvalue weighted by atomic mass is 10.0. The third kappa shape index (κ3) is 8.65. The Morgan fingerprint density at radius 3 is 2.25 bits per heavy atom. The van der Waals surface area contributed by atoms with E-state index in [2.05, 4.69) is 10.6 Å². The molecule has 4 unspecified atom stereocenters. The predicted molar refractivity (Wildman–Crippen MR) is 119 cm³/mol. The standard InChI is InChI=1S/C20H34N4O7S/c1-11(2)9-14(19(29)24-7-4-5-15(24)20(30)31)23-18(28)13(6-8-32-3)22-17(27)12(21)10-16(25)26/h11-15H,4-10,21H2,1-3H3,(H,22,27)(H,23,28)(H,25,26)(H,30,31). The number of nitrogens with zero attached hydrogens (tertiary/aromatic N) is 1. The number of thioether (sulfide) groups is 1. The second kappa shape index (κ2) is 13.3. The Labute approximate surface area is 191 Å². The van der Waals surface area contributed by atoms with Crippen LogP contribution in [0.1, 0.15) is 46.0 Å². The number of hydrogen-bond donors (Lipinski definition) is 5. The summed E-state index contributed by atoms with van der Waals surface area (Å²) in [6.07, 6.45) is 2.73. The summed E-state index contributed by atoms with van der Waals surface area (Å²) in [6, 6.07) is -4.18. The largest absolute Gasteiger partial charge is 0.481 e. The molecule has 0 aromatic rings. The Bertz CT molecular complexity index is 703. The van der Waals surface area contributed by atoms with Crippen molar-refractivity contribution in [3.63, 3.8) is 0 Å². The van der Waals surface area contributed by atoms with Crippen molar-refractivity contribution in [3.05, 3.63) is 0 Å². The van der Waals surface area contributed by atoms with Gasteiger partial charge in [-0.1, -0.05) is 13.8 Å². The van der Waals surface area contributed by atoms with Gasteiger partial charge in [0.2, 0.25) is 17.7 Å². The molecular weight excluding hydrogens is 440 g/mol. The normalized spacial score (nSPS) is 18.7. The zero-order valence-electron chi connectivity index (χ0n) is 18.7. The third-order valence-electron chi connectivity index (χ3n) is 5.12. The summed E-state index contributed by atoms with van der Waals surface area (Å²) >= 11 is 1.46. The van der Waals surface area contributed by atoms with E-state index in [0.717, 1.165) is 0 Å². The van der Waals surface area contributed by atoms with Crippen LogP contribution in [0.5, 0.6) is 0 Å². The van der Waals surface area contributed by atoms with Gasteiger partial charge in [-0.25, -0.2) is 4.79 Å². The maximum Gasteiger partial charge on any atom is 0.326 e. The van der Waals surface area contributed by atoms with Crippen molar-refractivity contribution < 1.29 is 34.2 Å². The van der Waals surface area contributed by atoms with E-state index in [1.165, 1.54) is 16.7 Å². The van der Waals surface area contributed by atoms with Gasteiger partial charge < -0.3 is 31.5 Å². The van der Waals surface area contributed by atoms with Crippen molar-refractivity contribution in [2.75, 3.05) is 18.6 Å². The van der Waals surface area contributed by atoms with Crippen molar-refractivity contribution >= 4 is 41.4 Å². The van der Waals surface area contributed by atoms with Crippen molar-refractivity contribution in [1.82, 2.24) is 15.5 Å². The van der Waals surface area contributed by atoms with Gasteiger partial charge in [0, 0.05) is 6.54 Å². The number of amides is 3. The highest BCUT2D eigenvalue weighted by molar-refractivity contribution is 7.98. The number of carboxylic acid groups (broad SMARTS) is 2. The quantitative estimate of drug-likeness (QED) is 0.238. The molecule has 1 heterocycles. The van der Waals surface area contributed by atoms with E-state index in [0.29, 0.717) is 31.6 Å². The molecule has 1 aliphatic heterocycles. The van der Waals surface area contributed by atoms with Gasteiger partial charge in [-0.2, -0.15) is 11.8 Å². The van der Waals surface area contributed by atoms with Gasteiger partial charge in [-0.05, 0) is 43.6 Å². The average molecular weight is 475 g/mol. The van der Waals surface area contributed by atoms with Gasteiger partial charge in [-0.3, -0.25) is 19.2 Å². The molecule has 1 fully saturated rings. The number of carboxylic acids is 2. The number of rotatable bonds is 13. The molecule has 0 saturated carbocycles. The molecular formula is C20H34N4O7S. The first kappa shape index (κ1) is 27.7. The molecule has 4 atom stereocenters. The molecule has 0 radical (unpaired) electrons. The average Bonchev–Trinajstić information content (AvgIpc) is 3.19. The molecule has 0 aliphatic carbocycles. The molecule has 12 heteroatoms. The summed E-state index contributed by atoms with van der Waals surface area (Å²) in [5, 5.41) is 23.4. The summed E-state index contributed by atoms with van der Waals surface area (Å²) < 4.78 is 0. The van der Waals surface area contributed by atoms with Gasteiger partial charge in [-0.15, -0.1) is 0 Å². The van der Waals surface area contributed by atoms with Crippen LogP contribution in [0.25, 0.3) is 0 Å². The molecule has 3 amide bonds. The number of carbonyl (C=O) groups is 5. The molecule has 0 spiro atoms. The SMILES string of the molecule is CSCCC(NC(=O)C(N)CC(=O)O)C(=O)NC(CC(C)C)C(=O)N1CCCC1C(=O)O. The molecule has 182 valence electrons. The van der Waals surface area contributed by atoms with Gasteiger partial charge in [0.15, 0.2) is 0 Å². The summed E-state index contributed by atoms with van der Waals surface area (Å²) in [5.41, 5.74) is 5.59. The third-order valence-corrected chi connectivity index (χ3v) is 5.76. The fourth-order valence-corrected chi connectivity index (χ4v) is 3.99. The van der Waals surface area contributed by atoms with Crippen molar-refractivity contribution in [1.29, 1.82) is 0 Å². The first-order valence-corrected chi connectivity index (χ1v) is 12.0. The minimum absolute atomic E-state index is 0.0401. The topological polar surface area (TPSA) is 179 Å². The highest BCUT2D eigenvalue weighted by Crippen LogP contribution is 2.20. The maximum atomic E-state index is 13.1. The minimum atomic E-state index is -1.31. The summed E-state index contributed by atoms with van der Waals surface area (Å²) in [4.78, 5) is 61.9. The van der Waals surface area contributed by atoms with Crippen LogP contribution >= 0.6 is 11.8 Å². The molecule has 1 saturated heterocycles. The first-order chi connectivity index (χ1) is 15.0. The molecule has 11 nitrogen and oxygen atoms in total. The van der Waals surface area contributed by atoms with E-state index in [-0.39, 0.29) is 12.3 Å². The number of nitrogens with one attached hydrogen (secondary N) is 2. The Hall–Kier alpha value is -2.34. The van der Waals surface area contributed by atoms with Crippen molar-refractivity contribution in [3.8, 4) is 0 Å². The van der Waals surface area contributed by atoms with Gasteiger partial charge in [0.25, 0.3) is 0 Å². The second-order valence-electron chi connectivity index (χ2n) is 8.27. The zero-order chi connectivity index (χ0) is 24.4. The minimum Gasteiger partial charge on any atom is -0.481 e. The number of carbonyl (C=O) groups excluding carboxylic acids is 3. The first-order valence-electron chi connectivity index (χ1n) is 10.6. The highest BCUT2D eigenvalue weighted by Gasteiger charge is 2.38. The van der Waals surface area contributed by atoms with Crippen LogP contribution in [-0.2, 0) is 24.0 Å². The molecule has 1 aliphatic rings. The Kier molecular flexibility index (Phi) is 11.5. The molecule has 32 heavy (non-hydrogen) atoms. The number of hydrogen-bond acceptors (Lipinski definition) is 7. The Balaban J connectivity index is 2.97. The summed E-state index contributed by atoms with van der Waals surface area (Å²) in [5.74, 6) is -3.58. The molecule has 0 bridgehead atoms. The molecule has 0 aromatic heterocycles. The summed E-state index contributed by atoms with van der Waals surface area (Å²) in [6.45, 7) is 4.06. The van der Waals surface area contributed by atoms with Gasteiger partial charge in [0.1, 0.15) is 18.1 Å². The Morgan fingerprint density at radius 1 is 1.09 bits per heavy atom. The smallest absolute Gasteiger partial charge is 0.326 e. The van der Waals surface area contributed by atoms with Crippen LogP contribution in [0.4, 0.5) is 0 Å². The van der Waals surface area contributed by atoms with Crippen LogP contribution in [0.2, 0.25) is 0 Å². The van der Waals surface area contributed by atoms with Crippen molar-refractivity contribution in [2.24, 2.45) is 11.7 Å². The second-order valence-corrected chi connectivity index (χ2v) is 9.25. The predicted octanol–water partition coefficient (Wildman–Crippen LogP) is -0.367. The molecule has 6 N–H and O–H groups in total. The van der Waals surface area contributed by atoms with E-state index >= 15 is 0 Å². The monoisotopic (exact) mass is 474 g/mol. The number of likely N-dealkylation sites (tertiary alicyclic amines) is 1. The van der Waals surface area contributed by atoms with E-state index in [1.54, 1.807) is 0 Å². The lowest BCUT2D eigenvalue weighted by Crippen LogP contribution is -2.57. The van der Waals surface area contributed by atoms with Crippen LogP contribution in [0, 0.1) is 5.92 Å². The van der Waals surface area contributed by atoms with Crippen LogP contribution in [-0.4, -0.2) is 87.5 Å². The number of nitrogens with two attached hydrogens (primary N) is 1. The van der Waals surface area contributed by atoms with Gasteiger partial charge >= 0.3 is 11.9 Å². The molecule has 0 aromatic carbocycles. The Morgan fingerprint density at radius 2 is 1.72 bits per heavy atom. The van der Waals surface area contributed by atoms with Crippen LogP contribution in [0.15, 0.2) is 0 Å². The van der Waals surface area contributed by atoms with Crippen LogP contribution in [0.3, 0.4) is 0 Å². The summed E-state index contributed by atoms with van der Waals surface area (Å²) in [7, 11) is 0. The lowest BCUT2D eigenvalue weighted by molar-refractivity contribution is -0.149. The lowest BCUT2D eigenvalue weighted by Gasteiger charge is -2.29. The van der Waals surface area contributed by atoms with E-state index in [1.807, 2.05) is 20.1 Å². The zero-order valence-corrected chi connectivity index (χ0v) is 19.5. The maximum absolute atomic E-state index is 13.1. The van der Waals surface area contributed by atoms with Crippen molar-refractivity contribution in [2.45, 2.75) is 70.1 Å². The van der Waals surface area contributed by atoms with Crippen LogP contribution < -0.4 is 16.4 Å².